The second-order valence-corrected chi connectivity index (χ2v) is 5.65. The molecule has 3 heteroatoms. The van der Waals surface area contributed by atoms with E-state index in [1.54, 1.807) is 0 Å². The van der Waals surface area contributed by atoms with E-state index in [9.17, 15) is 4.79 Å². The van der Waals surface area contributed by atoms with Crippen molar-refractivity contribution in [3.63, 3.8) is 0 Å². The van der Waals surface area contributed by atoms with E-state index in [0.29, 0.717) is 0 Å². The standard InChI is InChI=1S/C15H20N2O/c16-13-6-5-12(7-13)15(18)17-14-8-10-3-1-2-4-11(10)9-14/h1-4,12-14H,5-9,16H2,(H,17,18). The highest BCUT2D eigenvalue weighted by atomic mass is 16.1. The number of benzene rings is 1. The van der Waals surface area contributed by atoms with Crippen LogP contribution in [0.5, 0.6) is 0 Å². The van der Waals surface area contributed by atoms with Crippen molar-refractivity contribution in [2.24, 2.45) is 11.7 Å². The van der Waals surface area contributed by atoms with E-state index in [2.05, 4.69) is 29.6 Å². The fourth-order valence-electron chi connectivity index (χ4n) is 3.23. The molecule has 1 aromatic rings. The molecule has 2 aliphatic rings. The minimum Gasteiger partial charge on any atom is -0.352 e. The highest BCUT2D eigenvalue weighted by molar-refractivity contribution is 5.79. The first kappa shape index (κ1) is 11.7. The predicted octanol–water partition coefficient (Wildman–Crippen LogP) is 1.40. The fourth-order valence-corrected chi connectivity index (χ4v) is 3.23. The highest BCUT2D eigenvalue weighted by Crippen LogP contribution is 2.26. The van der Waals surface area contributed by atoms with Gasteiger partial charge in [0.2, 0.25) is 5.91 Å². The molecule has 3 rings (SSSR count). The second kappa shape index (κ2) is 4.73. The number of hydrogen-bond donors (Lipinski definition) is 2. The van der Waals surface area contributed by atoms with E-state index in [-0.39, 0.29) is 23.9 Å². The third-order valence-electron chi connectivity index (χ3n) is 4.24. The van der Waals surface area contributed by atoms with Crippen molar-refractivity contribution in [3.8, 4) is 0 Å². The van der Waals surface area contributed by atoms with Crippen LogP contribution in [0.2, 0.25) is 0 Å². The van der Waals surface area contributed by atoms with Gasteiger partial charge in [-0.3, -0.25) is 4.79 Å². The van der Waals surface area contributed by atoms with Crippen molar-refractivity contribution in [3.05, 3.63) is 35.4 Å². The minimum absolute atomic E-state index is 0.142. The maximum Gasteiger partial charge on any atom is 0.223 e. The molecule has 2 unspecified atom stereocenters. The van der Waals surface area contributed by atoms with Crippen LogP contribution in [-0.2, 0) is 17.6 Å². The molecule has 0 aromatic heterocycles. The Bertz CT molecular complexity index is 433. The average molecular weight is 244 g/mol. The summed E-state index contributed by atoms with van der Waals surface area (Å²) >= 11 is 0. The maximum absolute atomic E-state index is 12.1. The molecule has 2 atom stereocenters. The van der Waals surface area contributed by atoms with Crippen LogP contribution in [0, 0.1) is 5.92 Å². The molecule has 0 spiro atoms. The molecule has 0 saturated heterocycles. The quantitative estimate of drug-likeness (QED) is 0.826. The molecular formula is C15H20N2O. The van der Waals surface area contributed by atoms with Crippen LogP contribution in [0.25, 0.3) is 0 Å². The van der Waals surface area contributed by atoms with Gasteiger partial charge in [-0.25, -0.2) is 0 Å². The van der Waals surface area contributed by atoms with Gasteiger partial charge in [-0.15, -0.1) is 0 Å². The Labute approximate surface area is 108 Å². The maximum atomic E-state index is 12.1. The lowest BCUT2D eigenvalue weighted by molar-refractivity contribution is -0.125. The summed E-state index contributed by atoms with van der Waals surface area (Å²) in [6, 6.07) is 8.96. The van der Waals surface area contributed by atoms with Gasteiger partial charge in [-0.1, -0.05) is 24.3 Å². The van der Waals surface area contributed by atoms with E-state index >= 15 is 0 Å². The Hall–Kier alpha value is -1.35. The number of rotatable bonds is 2. The first-order valence-corrected chi connectivity index (χ1v) is 6.85. The molecule has 3 nitrogen and oxygen atoms in total. The van der Waals surface area contributed by atoms with Crippen molar-refractivity contribution in [1.29, 1.82) is 0 Å². The highest BCUT2D eigenvalue weighted by Gasteiger charge is 2.30. The van der Waals surface area contributed by atoms with Gasteiger partial charge in [0.05, 0.1) is 0 Å². The summed E-state index contributed by atoms with van der Waals surface area (Å²) in [5, 5.41) is 3.19. The fraction of sp³-hybridized carbons (Fsp3) is 0.533. The Morgan fingerprint density at radius 3 is 2.39 bits per heavy atom. The number of nitrogens with two attached hydrogens (primary N) is 1. The predicted molar refractivity (Wildman–Crippen MR) is 71.1 cm³/mol. The van der Waals surface area contributed by atoms with Crippen LogP contribution in [0.1, 0.15) is 30.4 Å². The molecule has 1 aromatic carbocycles. The number of carbonyl (C=O) groups is 1. The van der Waals surface area contributed by atoms with Gasteiger partial charge < -0.3 is 11.1 Å². The molecule has 18 heavy (non-hydrogen) atoms. The molecule has 0 bridgehead atoms. The zero-order chi connectivity index (χ0) is 12.5. The summed E-state index contributed by atoms with van der Waals surface area (Å²) in [4.78, 5) is 12.1. The van der Waals surface area contributed by atoms with Gasteiger partial charge in [0.25, 0.3) is 0 Å². The molecule has 1 saturated carbocycles. The van der Waals surface area contributed by atoms with E-state index in [1.807, 2.05) is 0 Å². The SMILES string of the molecule is NC1CCC(C(=O)NC2Cc3ccccc3C2)C1. The zero-order valence-corrected chi connectivity index (χ0v) is 10.6. The van der Waals surface area contributed by atoms with Crippen molar-refractivity contribution in [2.75, 3.05) is 0 Å². The first-order valence-electron chi connectivity index (χ1n) is 6.85. The normalized spacial score (nSPS) is 27.2. The Morgan fingerprint density at radius 1 is 1.17 bits per heavy atom. The van der Waals surface area contributed by atoms with Gasteiger partial charge in [0.15, 0.2) is 0 Å². The summed E-state index contributed by atoms with van der Waals surface area (Å²) in [5.74, 6) is 0.351. The van der Waals surface area contributed by atoms with Crippen LogP contribution in [0.3, 0.4) is 0 Å². The third kappa shape index (κ3) is 2.27. The first-order chi connectivity index (χ1) is 8.72. The van der Waals surface area contributed by atoms with E-state index in [4.69, 9.17) is 5.73 Å². The van der Waals surface area contributed by atoms with Gasteiger partial charge in [-0.05, 0) is 43.2 Å². The Kier molecular flexibility index (Phi) is 3.08. The van der Waals surface area contributed by atoms with Crippen molar-refractivity contribution < 1.29 is 4.79 Å². The number of carbonyl (C=O) groups excluding carboxylic acids is 1. The largest absolute Gasteiger partial charge is 0.352 e. The number of hydrogen-bond acceptors (Lipinski definition) is 2. The summed E-state index contributed by atoms with van der Waals surface area (Å²) < 4.78 is 0. The van der Waals surface area contributed by atoms with Gasteiger partial charge in [-0.2, -0.15) is 0 Å². The molecular weight excluding hydrogens is 224 g/mol. The van der Waals surface area contributed by atoms with Crippen LogP contribution in [-0.4, -0.2) is 18.0 Å². The summed E-state index contributed by atoms with van der Waals surface area (Å²) in [7, 11) is 0. The molecule has 96 valence electrons. The Morgan fingerprint density at radius 2 is 1.83 bits per heavy atom. The molecule has 0 radical (unpaired) electrons. The molecule has 0 aliphatic heterocycles. The van der Waals surface area contributed by atoms with E-state index in [0.717, 1.165) is 32.1 Å². The van der Waals surface area contributed by atoms with Gasteiger partial charge in [0.1, 0.15) is 0 Å². The molecule has 3 N–H and O–H groups in total. The monoisotopic (exact) mass is 244 g/mol. The minimum atomic E-state index is 0.142. The van der Waals surface area contributed by atoms with Crippen molar-refractivity contribution >= 4 is 5.91 Å². The lowest BCUT2D eigenvalue weighted by Crippen LogP contribution is -2.39. The van der Waals surface area contributed by atoms with Crippen molar-refractivity contribution in [1.82, 2.24) is 5.32 Å². The smallest absolute Gasteiger partial charge is 0.223 e. The molecule has 1 fully saturated rings. The van der Waals surface area contributed by atoms with Crippen LogP contribution >= 0.6 is 0 Å². The molecule has 1 amide bonds. The molecule has 0 heterocycles. The topological polar surface area (TPSA) is 55.1 Å². The third-order valence-corrected chi connectivity index (χ3v) is 4.24. The van der Waals surface area contributed by atoms with Crippen molar-refractivity contribution in [2.45, 2.75) is 44.2 Å². The zero-order valence-electron chi connectivity index (χ0n) is 10.6. The van der Waals surface area contributed by atoms with Crippen LogP contribution in [0.15, 0.2) is 24.3 Å². The lowest BCUT2D eigenvalue weighted by Gasteiger charge is -2.15. The lowest BCUT2D eigenvalue weighted by atomic mass is 10.1. The van der Waals surface area contributed by atoms with Gasteiger partial charge >= 0.3 is 0 Å². The summed E-state index contributed by atoms with van der Waals surface area (Å²) in [6.45, 7) is 0. The summed E-state index contributed by atoms with van der Waals surface area (Å²) in [6.07, 6.45) is 4.74. The molecule has 2 aliphatic carbocycles. The number of fused-ring (bicyclic) bond motifs is 1. The number of amides is 1. The summed E-state index contributed by atoms with van der Waals surface area (Å²) in [5.41, 5.74) is 8.62. The second-order valence-electron chi connectivity index (χ2n) is 5.65. The van der Waals surface area contributed by atoms with Crippen LogP contribution < -0.4 is 11.1 Å². The van der Waals surface area contributed by atoms with Gasteiger partial charge in [0, 0.05) is 18.0 Å². The number of nitrogens with one attached hydrogen (secondary N) is 1. The van der Waals surface area contributed by atoms with E-state index in [1.165, 1.54) is 11.1 Å². The Balaban J connectivity index is 1.58. The van der Waals surface area contributed by atoms with Crippen LogP contribution in [0.4, 0.5) is 0 Å². The average Bonchev–Trinajstić information content (AvgIpc) is 2.94. The van der Waals surface area contributed by atoms with E-state index < -0.39 is 0 Å².